The molecule has 1 heterocycles. The van der Waals surface area contributed by atoms with Gasteiger partial charge in [0.2, 0.25) is 0 Å². The van der Waals surface area contributed by atoms with Gasteiger partial charge in [0.25, 0.3) is 0 Å². The summed E-state index contributed by atoms with van der Waals surface area (Å²) in [5.74, 6) is 0.768. The van der Waals surface area contributed by atoms with E-state index in [9.17, 15) is 0 Å². The van der Waals surface area contributed by atoms with E-state index in [4.69, 9.17) is 10.5 Å². The highest BCUT2D eigenvalue weighted by molar-refractivity contribution is 5.77. The Hall–Kier alpha value is -0.990. The van der Waals surface area contributed by atoms with E-state index in [1.54, 1.807) is 13.3 Å². The molecule has 0 saturated heterocycles. The van der Waals surface area contributed by atoms with Gasteiger partial charge in [-0.1, -0.05) is 0 Å². The average molecular weight is 126 g/mol. The van der Waals surface area contributed by atoms with E-state index >= 15 is 0 Å². The van der Waals surface area contributed by atoms with Crippen molar-refractivity contribution in [3.63, 3.8) is 0 Å². The molecular weight excluding hydrogens is 116 g/mol. The molecule has 3 heteroatoms. The van der Waals surface area contributed by atoms with E-state index in [0.29, 0.717) is 0 Å². The SMILES string of the molecule is COC1=NC=C(N)CC1. The molecule has 1 aliphatic rings. The fourth-order valence-electron chi connectivity index (χ4n) is 0.690. The van der Waals surface area contributed by atoms with Gasteiger partial charge in [0.15, 0.2) is 5.90 Å². The molecule has 9 heavy (non-hydrogen) atoms. The summed E-state index contributed by atoms with van der Waals surface area (Å²) < 4.78 is 4.89. The van der Waals surface area contributed by atoms with Crippen molar-refractivity contribution in [2.75, 3.05) is 7.11 Å². The summed E-state index contributed by atoms with van der Waals surface area (Å²) in [5, 5.41) is 0. The van der Waals surface area contributed by atoms with Gasteiger partial charge in [0.1, 0.15) is 0 Å². The molecule has 0 bridgehead atoms. The standard InChI is InChI=1S/C6H10N2O/c1-9-6-3-2-5(7)4-8-6/h4H,2-3,7H2,1H3. The lowest BCUT2D eigenvalue weighted by molar-refractivity contribution is 0.388. The molecule has 0 radical (unpaired) electrons. The summed E-state index contributed by atoms with van der Waals surface area (Å²) in [7, 11) is 1.62. The van der Waals surface area contributed by atoms with Crippen molar-refractivity contribution in [1.82, 2.24) is 0 Å². The molecule has 0 fully saturated rings. The minimum Gasteiger partial charge on any atom is -0.484 e. The van der Waals surface area contributed by atoms with E-state index in [1.807, 2.05) is 0 Å². The summed E-state index contributed by atoms with van der Waals surface area (Å²) in [5.41, 5.74) is 6.28. The highest BCUT2D eigenvalue weighted by atomic mass is 16.5. The molecule has 50 valence electrons. The molecule has 0 atom stereocenters. The number of nitrogens with zero attached hydrogens (tertiary/aromatic N) is 1. The van der Waals surface area contributed by atoms with Crippen molar-refractivity contribution in [2.45, 2.75) is 12.8 Å². The maximum atomic E-state index is 5.45. The second kappa shape index (κ2) is 2.53. The molecule has 0 aromatic carbocycles. The lowest BCUT2D eigenvalue weighted by Crippen LogP contribution is -2.09. The molecule has 1 rings (SSSR count). The monoisotopic (exact) mass is 126 g/mol. The van der Waals surface area contributed by atoms with Gasteiger partial charge in [-0.15, -0.1) is 0 Å². The molecular formula is C6H10N2O. The Kier molecular flexibility index (Phi) is 1.72. The fraction of sp³-hybridized carbons (Fsp3) is 0.500. The molecule has 3 nitrogen and oxygen atoms in total. The van der Waals surface area contributed by atoms with Gasteiger partial charge < -0.3 is 10.5 Å². The quantitative estimate of drug-likeness (QED) is 0.517. The van der Waals surface area contributed by atoms with Crippen LogP contribution in [0.25, 0.3) is 0 Å². The van der Waals surface area contributed by atoms with Crippen molar-refractivity contribution in [1.29, 1.82) is 0 Å². The van der Waals surface area contributed by atoms with Crippen LogP contribution in [0.15, 0.2) is 16.9 Å². The first kappa shape index (κ1) is 6.13. The van der Waals surface area contributed by atoms with Crippen LogP contribution in [0, 0.1) is 0 Å². The third-order valence-corrected chi connectivity index (χ3v) is 1.24. The molecule has 0 aromatic rings. The van der Waals surface area contributed by atoms with Gasteiger partial charge in [-0.05, 0) is 6.42 Å². The van der Waals surface area contributed by atoms with E-state index in [-0.39, 0.29) is 0 Å². The highest BCUT2D eigenvalue weighted by Gasteiger charge is 2.03. The first-order valence-corrected chi connectivity index (χ1v) is 2.88. The number of rotatable bonds is 0. The summed E-state index contributed by atoms with van der Waals surface area (Å²) in [6.45, 7) is 0. The van der Waals surface area contributed by atoms with E-state index in [1.165, 1.54) is 0 Å². The third kappa shape index (κ3) is 1.45. The van der Waals surface area contributed by atoms with Crippen molar-refractivity contribution in [2.24, 2.45) is 10.7 Å². The van der Waals surface area contributed by atoms with Crippen molar-refractivity contribution >= 4 is 5.90 Å². The van der Waals surface area contributed by atoms with Crippen LogP contribution in [0.1, 0.15) is 12.8 Å². The zero-order chi connectivity index (χ0) is 6.69. The Balaban J connectivity index is 2.59. The van der Waals surface area contributed by atoms with Gasteiger partial charge >= 0.3 is 0 Å². The van der Waals surface area contributed by atoms with E-state index in [0.717, 1.165) is 24.4 Å². The van der Waals surface area contributed by atoms with Crippen LogP contribution in [0.3, 0.4) is 0 Å². The second-order valence-electron chi connectivity index (χ2n) is 1.93. The minimum atomic E-state index is 0.768. The minimum absolute atomic E-state index is 0.768. The normalized spacial score (nSPS) is 18.3. The van der Waals surface area contributed by atoms with Crippen molar-refractivity contribution in [3.05, 3.63) is 11.9 Å². The smallest absolute Gasteiger partial charge is 0.187 e. The molecule has 2 N–H and O–H groups in total. The number of allylic oxidation sites excluding steroid dienone is 1. The number of nitrogens with two attached hydrogens (primary N) is 1. The number of hydrogen-bond acceptors (Lipinski definition) is 3. The van der Waals surface area contributed by atoms with Crippen LogP contribution >= 0.6 is 0 Å². The Labute approximate surface area is 54.2 Å². The fourth-order valence-corrected chi connectivity index (χ4v) is 0.690. The number of hydrogen-bond donors (Lipinski definition) is 1. The van der Waals surface area contributed by atoms with Crippen LogP contribution in [0.5, 0.6) is 0 Å². The Morgan fingerprint density at radius 2 is 2.44 bits per heavy atom. The zero-order valence-electron chi connectivity index (χ0n) is 5.42. The predicted octanol–water partition coefficient (Wildman–Crippen LogP) is 0.625. The second-order valence-corrected chi connectivity index (χ2v) is 1.93. The number of aliphatic imine (C=N–C) groups is 1. The number of methoxy groups -OCH3 is 1. The van der Waals surface area contributed by atoms with E-state index < -0.39 is 0 Å². The topological polar surface area (TPSA) is 47.6 Å². The van der Waals surface area contributed by atoms with Crippen LogP contribution < -0.4 is 5.73 Å². The molecule has 0 saturated carbocycles. The molecule has 0 amide bonds. The van der Waals surface area contributed by atoms with Crippen LogP contribution in [0.4, 0.5) is 0 Å². The van der Waals surface area contributed by atoms with Gasteiger partial charge in [0, 0.05) is 18.3 Å². The summed E-state index contributed by atoms with van der Waals surface area (Å²) in [6, 6.07) is 0. The van der Waals surface area contributed by atoms with Gasteiger partial charge in [-0.3, -0.25) is 0 Å². The van der Waals surface area contributed by atoms with Crippen molar-refractivity contribution < 1.29 is 4.74 Å². The largest absolute Gasteiger partial charge is 0.484 e. The molecule has 0 unspecified atom stereocenters. The Morgan fingerprint density at radius 3 is 2.89 bits per heavy atom. The first-order chi connectivity index (χ1) is 4.33. The highest BCUT2D eigenvalue weighted by Crippen LogP contribution is 2.06. The summed E-state index contributed by atoms with van der Waals surface area (Å²) >= 11 is 0. The Morgan fingerprint density at radius 1 is 1.67 bits per heavy atom. The Bertz CT molecular complexity index is 160. The average Bonchev–Trinajstić information content (AvgIpc) is 1.90. The van der Waals surface area contributed by atoms with Gasteiger partial charge in [-0.25, -0.2) is 4.99 Å². The maximum absolute atomic E-state index is 5.45. The first-order valence-electron chi connectivity index (χ1n) is 2.88. The number of ether oxygens (including phenoxy) is 1. The molecule has 1 aliphatic heterocycles. The van der Waals surface area contributed by atoms with Crippen LogP contribution in [0.2, 0.25) is 0 Å². The zero-order valence-corrected chi connectivity index (χ0v) is 5.42. The van der Waals surface area contributed by atoms with E-state index in [2.05, 4.69) is 4.99 Å². The lowest BCUT2D eigenvalue weighted by atomic mass is 10.2. The molecule has 0 spiro atoms. The van der Waals surface area contributed by atoms with Crippen LogP contribution in [-0.2, 0) is 4.74 Å². The summed E-state index contributed by atoms with van der Waals surface area (Å²) in [4.78, 5) is 3.94. The third-order valence-electron chi connectivity index (χ3n) is 1.24. The maximum Gasteiger partial charge on any atom is 0.187 e. The summed E-state index contributed by atoms with van der Waals surface area (Å²) in [6.07, 6.45) is 3.34. The predicted molar refractivity (Wildman–Crippen MR) is 35.9 cm³/mol. The molecule has 0 aromatic heterocycles. The van der Waals surface area contributed by atoms with Crippen LogP contribution in [-0.4, -0.2) is 13.0 Å². The molecule has 0 aliphatic carbocycles. The lowest BCUT2D eigenvalue weighted by Gasteiger charge is -2.07. The van der Waals surface area contributed by atoms with Gasteiger partial charge in [0.05, 0.1) is 7.11 Å². The van der Waals surface area contributed by atoms with Crippen molar-refractivity contribution in [3.8, 4) is 0 Å². The van der Waals surface area contributed by atoms with Gasteiger partial charge in [-0.2, -0.15) is 0 Å².